The molecule has 1 aliphatic carbocycles. The summed E-state index contributed by atoms with van der Waals surface area (Å²) in [5, 5.41) is 15.4. The van der Waals surface area contributed by atoms with E-state index < -0.39 is 5.97 Å². The van der Waals surface area contributed by atoms with Gasteiger partial charge < -0.3 is 9.67 Å². The standard InChI is InChI=1S/C24H27N5O3S2/c1-13-9-14(2)27-24(26-13)33-12-20(30)28-25-11-17-10-15(3)29(16(17)4)22-21(23(31)32)18-7-5-6-8-19(18)34-22/h9-11H,5-8,12H2,1-4H3,(H,28,30)(H,31,32). The molecule has 0 aromatic carbocycles. The zero-order valence-corrected chi connectivity index (χ0v) is 21.3. The molecule has 2 N–H and O–H groups in total. The Hall–Kier alpha value is -2.98. The van der Waals surface area contributed by atoms with Crippen molar-refractivity contribution in [3.05, 3.63) is 56.5 Å². The molecule has 1 amide bonds. The Labute approximate surface area is 206 Å². The summed E-state index contributed by atoms with van der Waals surface area (Å²) < 4.78 is 1.99. The fourth-order valence-corrected chi connectivity index (χ4v) is 6.49. The second-order valence-corrected chi connectivity index (χ2v) is 10.4. The summed E-state index contributed by atoms with van der Waals surface area (Å²) in [6.45, 7) is 7.68. The van der Waals surface area contributed by atoms with Crippen LogP contribution in [0.4, 0.5) is 0 Å². The molecule has 0 bridgehead atoms. The molecule has 3 heterocycles. The van der Waals surface area contributed by atoms with E-state index in [1.165, 1.54) is 16.6 Å². The van der Waals surface area contributed by atoms with Gasteiger partial charge in [0.25, 0.3) is 5.91 Å². The van der Waals surface area contributed by atoms with Crippen LogP contribution in [-0.2, 0) is 17.6 Å². The highest BCUT2D eigenvalue weighted by molar-refractivity contribution is 7.99. The minimum absolute atomic E-state index is 0.155. The van der Waals surface area contributed by atoms with E-state index >= 15 is 0 Å². The molecule has 0 saturated carbocycles. The van der Waals surface area contributed by atoms with Gasteiger partial charge in [-0.15, -0.1) is 11.3 Å². The summed E-state index contributed by atoms with van der Waals surface area (Å²) in [5.74, 6) is -0.978. The largest absolute Gasteiger partial charge is 0.478 e. The summed E-state index contributed by atoms with van der Waals surface area (Å²) >= 11 is 2.83. The van der Waals surface area contributed by atoms with Gasteiger partial charge in [0.15, 0.2) is 5.16 Å². The number of rotatable bonds is 7. The molecule has 0 radical (unpaired) electrons. The third-order valence-electron chi connectivity index (χ3n) is 5.73. The molecule has 0 unspecified atom stereocenters. The number of carbonyl (C=O) groups excluding carboxylic acids is 1. The van der Waals surface area contributed by atoms with Crippen molar-refractivity contribution in [2.45, 2.75) is 58.5 Å². The summed E-state index contributed by atoms with van der Waals surface area (Å²) in [7, 11) is 0. The van der Waals surface area contributed by atoms with Crippen LogP contribution < -0.4 is 5.43 Å². The molecule has 0 aliphatic heterocycles. The molecule has 3 aromatic rings. The lowest BCUT2D eigenvalue weighted by molar-refractivity contribution is -0.118. The number of hydrazone groups is 1. The zero-order chi connectivity index (χ0) is 24.4. The number of hydrogen-bond donors (Lipinski definition) is 2. The van der Waals surface area contributed by atoms with Crippen molar-refractivity contribution in [1.29, 1.82) is 0 Å². The van der Waals surface area contributed by atoms with Crippen LogP contribution in [0.2, 0.25) is 0 Å². The molecule has 178 valence electrons. The highest BCUT2D eigenvalue weighted by atomic mass is 32.2. The zero-order valence-electron chi connectivity index (χ0n) is 19.6. The lowest BCUT2D eigenvalue weighted by atomic mass is 9.95. The third kappa shape index (κ3) is 5.07. The highest BCUT2D eigenvalue weighted by Crippen LogP contribution is 2.38. The molecular weight excluding hydrogens is 470 g/mol. The molecule has 0 saturated heterocycles. The third-order valence-corrected chi connectivity index (χ3v) is 7.85. The van der Waals surface area contributed by atoms with Gasteiger partial charge in [0.1, 0.15) is 5.00 Å². The lowest BCUT2D eigenvalue weighted by Gasteiger charge is -2.11. The number of hydrogen-bond acceptors (Lipinski definition) is 7. The van der Waals surface area contributed by atoms with E-state index in [-0.39, 0.29) is 11.7 Å². The summed E-state index contributed by atoms with van der Waals surface area (Å²) in [5.41, 5.74) is 8.31. The first-order chi connectivity index (χ1) is 16.2. The van der Waals surface area contributed by atoms with Crippen LogP contribution >= 0.6 is 23.1 Å². The maximum Gasteiger partial charge on any atom is 0.339 e. The number of aromatic nitrogens is 3. The number of thioether (sulfide) groups is 1. The van der Waals surface area contributed by atoms with Crippen molar-refractivity contribution in [2.75, 3.05) is 5.75 Å². The maximum atomic E-state index is 12.2. The quantitative estimate of drug-likeness (QED) is 0.217. The summed E-state index contributed by atoms with van der Waals surface area (Å²) in [6, 6.07) is 3.84. The van der Waals surface area contributed by atoms with Crippen LogP contribution in [-0.4, -0.2) is 43.5 Å². The Kier molecular flexibility index (Phi) is 7.18. The van der Waals surface area contributed by atoms with E-state index in [1.807, 2.05) is 44.4 Å². The Balaban J connectivity index is 1.48. The van der Waals surface area contributed by atoms with Crippen LogP contribution in [0.5, 0.6) is 0 Å². The molecule has 34 heavy (non-hydrogen) atoms. The van der Waals surface area contributed by atoms with Gasteiger partial charge in [-0.3, -0.25) is 4.79 Å². The highest BCUT2D eigenvalue weighted by Gasteiger charge is 2.27. The van der Waals surface area contributed by atoms with Crippen LogP contribution in [0.3, 0.4) is 0 Å². The number of nitrogens with one attached hydrogen (secondary N) is 1. The Morgan fingerprint density at radius 2 is 1.88 bits per heavy atom. The first kappa shape index (κ1) is 24.2. The fourth-order valence-electron chi connectivity index (χ4n) is 4.25. The predicted molar refractivity (Wildman–Crippen MR) is 135 cm³/mol. The van der Waals surface area contributed by atoms with E-state index in [9.17, 15) is 14.7 Å². The molecule has 4 rings (SSSR count). The number of amides is 1. The SMILES string of the molecule is Cc1cc(C)nc(SCC(=O)NN=Cc2cc(C)n(-c3sc4c(c3C(=O)O)CCCC4)c2C)n1. The number of carbonyl (C=O) groups is 2. The number of aryl methyl sites for hydroxylation is 4. The topological polar surface area (TPSA) is 109 Å². The molecule has 8 nitrogen and oxygen atoms in total. The first-order valence-corrected chi connectivity index (χ1v) is 12.9. The number of carboxylic acids is 1. The Morgan fingerprint density at radius 3 is 2.59 bits per heavy atom. The van der Waals surface area contributed by atoms with Gasteiger partial charge in [0.05, 0.1) is 17.5 Å². The minimum atomic E-state index is -0.880. The normalized spacial score (nSPS) is 13.3. The van der Waals surface area contributed by atoms with E-state index in [0.717, 1.165) is 64.6 Å². The van der Waals surface area contributed by atoms with Crippen molar-refractivity contribution >= 4 is 41.2 Å². The number of fused-ring (bicyclic) bond motifs is 1. The van der Waals surface area contributed by atoms with Crippen molar-refractivity contribution in [3.63, 3.8) is 0 Å². The van der Waals surface area contributed by atoms with E-state index in [0.29, 0.717) is 10.7 Å². The van der Waals surface area contributed by atoms with Gasteiger partial charge >= 0.3 is 5.97 Å². The van der Waals surface area contributed by atoms with E-state index in [1.54, 1.807) is 17.6 Å². The number of nitrogens with zero attached hydrogens (tertiary/aromatic N) is 4. The predicted octanol–water partition coefficient (Wildman–Crippen LogP) is 4.38. The molecular formula is C24H27N5O3S2. The smallest absolute Gasteiger partial charge is 0.339 e. The molecule has 10 heteroatoms. The first-order valence-electron chi connectivity index (χ1n) is 11.1. The molecule has 0 spiro atoms. The van der Waals surface area contributed by atoms with Crippen LogP contribution in [0, 0.1) is 27.7 Å². The van der Waals surface area contributed by atoms with Gasteiger partial charge in [0.2, 0.25) is 0 Å². The van der Waals surface area contributed by atoms with Gasteiger partial charge in [-0.05, 0) is 71.1 Å². The van der Waals surface area contributed by atoms with Crippen molar-refractivity contribution < 1.29 is 14.7 Å². The average molecular weight is 498 g/mol. The van der Waals surface area contributed by atoms with Gasteiger partial charge in [-0.25, -0.2) is 20.2 Å². The van der Waals surface area contributed by atoms with E-state index in [4.69, 9.17) is 0 Å². The summed E-state index contributed by atoms with van der Waals surface area (Å²) in [4.78, 5) is 34.2. The molecule has 3 aromatic heterocycles. The monoisotopic (exact) mass is 497 g/mol. The van der Waals surface area contributed by atoms with Crippen molar-refractivity contribution in [2.24, 2.45) is 5.10 Å². The second-order valence-electron chi connectivity index (χ2n) is 8.37. The summed E-state index contributed by atoms with van der Waals surface area (Å²) in [6.07, 6.45) is 5.48. The molecule has 0 fully saturated rings. The molecule has 0 atom stereocenters. The lowest BCUT2D eigenvalue weighted by Crippen LogP contribution is -2.19. The number of thiophene rings is 1. The van der Waals surface area contributed by atoms with Gasteiger partial charge in [-0.2, -0.15) is 5.10 Å². The van der Waals surface area contributed by atoms with E-state index in [2.05, 4.69) is 20.5 Å². The minimum Gasteiger partial charge on any atom is -0.478 e. The van der Waals surface area contributed by atoms with Crippen LogP contribution in [0.15, 0.2) is 22.4 Å². The van der Waals surface area contributed by atoms with Gasteiger partial charge in [-0.1, -0.05) is 11.8 Å². The average Bonchev–Trinajstić information content (AvgIpc) is 3.28. The van der Waals surface area contributed by atoms with Crippen LogP contribution in [0.25, 0.3) is 5.00 Å². The van der Waals surface area contributed by atoms with Crippen LogP contribution in [0.1, 0.15) is 62.0 Å². The van der Waals surface area contributed by atoms with Crippen molar-refractivity contribution in [3.8, 4) is 5.00 Å². The maximum absolute atomic E-state index is 12.2. The Morgan fingerprint density at radius 1 is 1.18 bits per heavy atom. The molecule has 1 aliphatic rings. The van der Waals surface area contributed by atoms with Crippen molar-refractivity contribution in [1.82, 2.24) is 20.0 Å². The number of aromatic carboxylic acids is 1. The van der Waals surface area contributed by atoms with Gasteiger partial charge in [0, 0.05) is 33.2 Å². The second kappa shape index (κ2) is 10.1. The fraction of sp³-hybridized carbons (Fsp3) is 0.375. The number of carboxylic acid groups (broad SMARTS) is 1. The Bertz CT molecular complexity index is 1270.